The van der Waals surface area contributed by atoms with Crippen LogP contribution < -0.4 is 5.32 Å². The van der Waals surface area contributed by atoms with E-state index >= 15 is 0 Å². The van der Waals surface area contributed by atoms with Crippen molar-refractivity contribution >= 4 is 11.6 Å². The summed E-state index contributed by atoms with van der Waals surface area (Å²) in [6, 6.07) is 7.55. The highest BCUT2D eigenvalue weighted by Gasteiger charge is 2.16. The molecule has 1 saturated heterocycles. The van der Waals surface area contributed by atoms with Crippen LogP contribution in [0.1, 0.15) is 25.2 Å². The van der Waals surface area contributed by atoms with Crippen LogP contribution in [0.2, 0.25) is 5.02 Å². The third kappa shape index (κ3) is 3.19. The van der Waals surface area contributed by atoms with E-state index in [0.29, 0.717) is 16.7 Å². The van der Waals surface area contributed by atoms with E-state index < -0.39 is 0 Å². The van der Waals surface area contributed by atoms with Crippen LogP contribution in [-0.2, 0) is 6.42 Å². The summed E-state index contributed by atoms with van der Waals surface area (Å²) in [4.78, 5) is 4.44. The molecule has 1 aromatic heterocycles. The van der Waals surface area contributed by atoms with E-state index in [2.05, 4.69) is 15.5 Å². The van der Waals surface area contributed by atoms with Crippen molar-refractivity contribution in [3.05, 3.63) is 35.2 Å². The molecule has 2 aromatic rings. The van der Waals surface area contributed by atoms with Gasteiger partial charge in [0.2, 0.25) is 11.7 Å². The van der Waals surface area contributed by atoms with Gasteiger partial charge in [0, 0.05) is 12.0 Å². The van der Waals surface area contributed by atoms with Gasteiger partial charge < -0.3 is 9.84 Å². The molecule has 4 nitrogen and oxygen atoms in total. The van der Waals surface area contributed by atoms with Crippen LogP contribution in [0.3, 0.4) is 0 Å². The third-order valence-corrected chi connectivity index (χ3v) is 4.08. The van der Waals surface area contributed by atoms with Crippen molar-refractivity contribution in [2.75, 3.05) is 13.1 Å². The largest absolute Gasteiger partial charge is 0.339 e. The van der Waals surface area contributed by atoms with E-state index in [1.807, 2.05) is 24.3 Å². The standard InChI is InChI=1S/C15H18ClN3O/c16-13-6-2-1-5-12(13)15-18-14(20-19-15)8-7-11-4-3-9-17-10-11/h1-2,5-6,11,17H,3-4,7-10H2. The van der Waals surface area contributed by atoms with Crippen LogP contribution >= 0.6 is 11.6 Å². The van der Waals surface area contributed by atoms with Crippen molar-refractivity contribution in [2.24, 2.45) is 5.92 Å². The number of aromatic nitrogens is 2. The highest BCUT2D eigenvalue weighted by Crippen LogP contribution is 2.25. The Balaban J connectivity index is 1.63. The molecule has 1 unspecified atom stereocenters. The number of benzene rings is 1. The SMILES string of the molecule is Clc1ccccc1-c1noc(CCC2CCCNC2)n1. The van der Waals surface area contributed by atoms with Crippen LogP contribution in [-0.4, -0.2) is 23.2 Å². The Bertz CT molecular complexity index is 564. The quantitative estimate of drug-likeness (QED) is 0.939. The Kier molecular flexibility index (Phi) is 4.33. The minimum Gasteiger partial charge on any atom is -0.339 e. The molecule has 20 heavy (non-hydrogen) atoms. The molecule has 1 N–H and O–H groups in total. The predicted octanol–water partition coefficient (Wildman–Crippen LogP) is 3.32. The number of aryl methyl sites for hydroxylation is 1. The van der Waals surface area contributed by atoms with E-state index in [4.69, 9.17) is 16.1 Å². The van der Waals surface area contributed by atoms with E-state index in [1.165, 1.54) is 12.8 Å². The number of nitrogens with one attached hydrogen (secondary N) is 1. The summed E-state index contributed by atoms with van der Waals surface area (Å²) >= 11 is 6.14. The lowest BCUT2D eigenvalue weighted by molar-refractivity contribution is 0.327. The summed E-state index contributed by atoms with van der Waals surface area (Å²) in [6.45, 7) is 2.25. The predicted molar refractivity (Wildman–Crippen MR) is 78.7 cm³/mol. The van der Waals surface area contributed by atoms with Gasteiger partial charge in [0.15, 0.2) is 0 Å². The molecule has 1 atom stereocenters. The van der Waals surface area contributed by atoms with Gasteiger partial charge in [0.05, 0.1) is 5.02 Å². The van der Waals surface area contributed by atoms with Gasteiger partial charge >= 0.3 is 0 Å². The Morgan fingerprint density at radius 1 is 1.35 bits per heavy atom. The molecule has 0 radical (unpaired) electrons. The van der Waals surface area contributed by atoms with Crippen LogP contribution in [0.5, 0.6) is 0 Å². The van der Waals surface area contributed by atoms with Gasteiger partial charge in [-0.2, -0.15) is 4.98 Å². The number of halogens is 1. The summed E-state index contributed by atoms with van der Waals surface area (Å²) in [7, 11) is 0. The summed E-state index contributed by atoms with van der Waals surface area (Å²) < 4.78 is 5.32. The fraction of sp³-hybridized carbons (Fsp3) is 0.467. The first-order valence-electron chi connectivity index (χ1n) is 7.11. The summed E-state index contributed by atoms with van der Waals surface area (Å²) in [5, 5.41) is 8.10. The van der Waals surface area contributed by atoms with Crippen molar-refractivity contribution in [1.82, 2.24) is 15.5 Å². The topological polar surface area (TPSA) is 51.0 Å². The van der Waals surface area contributed by atoms with Crippen molar-refractivity contribution in [1.29, 1.82) is 0 Å². The molecule has 2 heterocycles. The van der Waals surface area contributed by atoms with Crippen LogP contribution in [0.4, 0.5) is 0 Å². The Morgan fingerprint density at radius 2 is 2.25 bits per heavy atom. The first-order valence-corrected chi connectivity index (χ1v) is 7.49. The van der Waals surface area contributed by atoms with Crippen molar-refractivity contribution in [2.45, 2.75) is 25.7 Å². The normalized spacial score (nSPS) is 19.1. The fourth-order valence-electron chi connectivity index (χ4n) is 2.61. The van der Waals surface area contributed by atoms with Gasteiger partial charge in [-0.05, 0) is 50.4 Å². The smallest absolute Gasteiger partial charge is 0.226 e. The second-order valence-electron chi connectivity index (χ2n) is 5.24. The van der Waals surface area contributed by atoms with E-state index in [1.54, 1.807) is 0 Å². The van der Waals surface area contributed by atoms with Crippen LogP contribution in [0, 0.1) is 5.92 Å². The van der Waals surface area contributed by atoms with Gasteiger partial charge in [-0.1, -0.05) is 28.9 Å². The molecule has 0 aliphatic carbocycles. The zero-order valence-electron chi connectivity index (χ0n) is 11.3. The van der Waals surface area contributed by atoms with Gasteiger partial charge in [-0.25, -0.2) is 0 Å². The molecule has 0 amide bonds. The second-order valence-corrected chi connectivity index (χ2v) is 5.65. The van der Waals surface area contributed by atoms with Gasteiger partial charge in [0.1, 0.15) is 0 Å². The van der Waals surface area contributed by atoms with Gasteiger partial charge in [0.25, 0.3) is 0 Å². The lowest BCUT2D eigenvalue weighted by Crippen LogP contribution is -2.29. The fourth-order valence-corrected chi connectivity index (χ4v) is 2.83. The van der Waals surface area contributed by atoms with Crippen molar-refractivity contribution < 1.29 is 4.52 Å². The maximum absolute atomic E-state index is 6.14. The average molecular weight is 292 g/mol. The molecule has 1 aliphatic heterocycles. The molecular weight excluding hydrogens is 274 g/mol. The number of nitrogens with zero attached hydrogens (tertiary/aromatic N) is 2. The van der Waals surface area contributed by atoms with Crippen LogP contribution in [0.15, 0.2) is 28.8 Å². The highest BCUT2D eigenvalue weighted by atomic mass is 35.5. The molecule has 0 bridgehead atoms. The first kappa shape index (κ1) is 13.6. The number of hydrogen-bond acceptors (Lipinski definition) is 4. The highest BCUT2D eigenvalue weighted by molar-refractivity contribution is 6.33. The maximum Gasteiger partial charge on any atom is 0.226 e. The molecular formula is C15H18ClN3O. The number of hydrogen-bond donors (Lipinski definition) is 1. The lowest BCUT2D eigenvalue weighted by Gasteiger charge is -2.21. The van der Waals surface area contributed by atoms with Gasteiger partial charge in [-0.15, -0.1) is 0 Å². The van der Waals surface area contributed by atoms with E-state index in [-0.39, 0.29) is 0 Å². The number of rotatable bonds is 4. The van der Waals surface area contributed by atoms with Crippen molar-refractivity contribution in [3.8, 4) is 11.4 Å². The third-order valence-electron chi connectivity index (χ3n) is 3.75. The zero-order valence-corrected chi connectivity index (χ0v) is 12.1. The average Bonchev–Trinajstić information content (AvgIpc) is 2.95. The lowest BCUT2D eigenvalue weighted by atomic mass is 9.95. The van der Waals surface area contributed by atoms with Crippen molar-refractivity contribution in [3.63, 3.8) is 0 Å². The summed E-state index contributed by atoms with van der Waals surface area (Å²) in [5.74, 6) is 2.00. The van der Waals surface area contributed by atoms with E-state index in [0.717, 1.165) is 37.4 Å². The molecule has 1 aliphatic rings. The monoisotopic (exact) mass is 291 g/mol. The number of piperidine rings is 1. The Labute approximate surface area is 123 Å². The molecule has 1 aromatic carbocycles. The summed E-state index contributed by atoms with van der Waals surface area (Å²) in [5.41, 5.74) is 0.823. The second kappa shape index (κ2) is 6.37. The molecule has 0 spiro atoms. The first-order chi connectivity index (χ1) is 9.83. The van der Waals surface area contributed by atoms with Gasteiger partial charge in [-0.3, -0.25) is 0 Å². The minimum atomic E-state index is 0.576. The Morgan fingerprint density at radius 3 is 3.05 bits per heavy atom. The maximum atomic E-state index is 6.14. The molecule has 1 fully saturated rings. The molecule has 0 saturated carbocycles. The zero-order chi connectivity index (χ0) is 13.8. The van der Waals surface area contributed by atoms with E-state index in [9.17, 15) is 0 Å². The minimum absolute atomic E-state index is 0.576. The summed E-state index contributed by atoms with van der Waals surface area (Å²) in [6.07, 6.45) is 4.48. The molecule has 5 heteroatoms. The Hall–Kier alpha value is -1.39. The molecule has 3 rings (SSSR count). The molecule has 106 valence electrons. The van der Waals surface area contributed by atoms with Crippen LogP contribution in [0.25, 0.3) is 11.4 Å².